The first-order valence-corrected chi connectivity index (χ1v) is 6.53. The topological polar surface area (TPSA) is 9.23 Å². The van der Waals surface area contributed by atoms with Crippen molar-refractivity contribution >= 4 is 27.3 Å². The number of hydrogen-bond acceptors (Lipinski definition) is 2. The summed E-state index contributed by atoms with van der Waals surface area (Å²) in [5, 5.41) is 2.02. The van der Waals surface area contributed by atoms with E-state index in [0.717, 1.165) is 10.9 Å². The van der Waals surface area contributed by atoms with Crippen molar-refractivity contribution in [2.75, 3.05) is 6.61 Å². The SMILES string of the molecule is Fc1ccc(Br)cc1OCCc1cccs1. The van der Waals surface area contributed by atoms with Crippen molar-refractivity contribution in [3.05, 3.63) is 50.9 Å². The lowest BCUT2D eigenvalue weighted by molar-refractivity contribution is 0.306. The molecule has 1 aromatic carbocycles. The fourth-order valence-corrected chi connectivity index (χ4v) is 2.33. The Kier molecular flexibility index (Phi) is 3.96. The molecule has 0 aliphatic carbocycles. The van der Waals surface area contributed by atoms with Crippen molar-refractivity contribution in [1.29, 1.82) is 0 Å². The Bertz CT molecular complexity index is 456. The van der Waals surface area contributed by atoms with Crippen LogP contribution in [0.1, 0.15) is 4.88 Å². The molecule has 1 heterocycles. The smallest absolute Gasteiger partial charge is 0.165 e. The van der Waals surface area contributed by atoms with Gasteiger partial charge in [0.1, 0.15) is 0 Å². The highest BCUT2D eigenvalue weighted by Gasteiger charge is 2.03. The third-order valence-electron chi connectivity index (χ3n) is 2.08. The van der Waals surface area contributed by atoms with Gasteiger partial charge in [-0.2, -0.15) is 0 Å². The summed E-state index contributed by atoms with van der Waals surface area (Å²) < 4.78 is 19.5. The van der Waals surface area contributed by atoms with E-state index >= 15 is 0 Å². The minimum Gasteiger partial charge on any atom is -0.490 e. The van der Waals surface area contributed by atoms with E-state index in [1.807, 2.05) is 17.5 Å². The van der Waals surface area contributed by atoms with Crippen LogP contribution in [0.15, 0.2) is 40.2 Å². The van der Waals surface area contributed by atoms with E-state index in [1.165, 1.54) is 10.9 Å². The molecule has 0 aliphatic rings. The third kappa shape index (κ3) is 3.06. The van der Waals surface area contributed by atoms with Crippen LogP contribution in [0.5, 0.6) is 5.75 Å². The highest BCUT2D eigenvalue weighted by molar-refractivity contribution is 9.10. The second-order valence-electron chi connectivity index (χ2n) is 3.25. The van der Waals surface area contributed by atoms with Gasteiger partial charge in [0, 0.05) is 15.8 Å². The maximum atomic E-state index is 13.3. The molecule has 2 aromatic rings. The van der Waals surface area contributed by atoms with E-state index < -0.39 is 0 Å². The molecule has 0 N–H and O–H groups in total. The zero-order valence-electron chi connectivity index (χ0n) is 8.45. The first kappa shape index (κ1) is 11.6. The van der Waals surface area contributed by atoms with Crippen LogP contribution < -0.4 is 4.74 Å². The summed E-state index contributed by atoms with van der Waals surface area (Å²) in [4.78, 5) is 1.25. The van der Waals surface area contributed by atoms with Gasteiger partial charge in [-0.15, -0.1) is 11.3 Å². The molecule has 16 heavy (non-hydrogen) atoms. The summed E-state index contributed by atoms with van der Waals surface area (Å²) in [6.45, 7) is 0.494. The summed E-state index contributed by atoms with van der Waals surface area (Å²) in [6, 6.07) is 8.74. The second kappa shape index (κ2) is 5.46. The van der Waals surface area contributed by atoms with Crippen molar-refractivity contribution in [3.63, 3.8) is 0 Å². The normalized spacial score (nSPS) is 10.4. The van der Waals surface area contributed by atoms with Gasteiger partial charge in [0.15, 0.2) is 11.6 Å². The summed E-state index contributed by atoms with van der Waals surface area (Å²) in [5.41, 5.74) is 0. The number of ether oxygens (including phenoxy) is 1. The monoisotopic (exact) mass is 300 g/mol. The fourth-order valence-electron chi connectivity index (χ4n) is 1.30. The average Bonchev–Trinajstić information content (AvgIpc) is 2.76. The van der Waals surface area contributed by atoms with Gasteiger partial charge in [0.25, 0.3) is 0 Å². The minimum absolute atomic E-state index is 0.297. The molecule has 0 aliphatic heterocycles. The highest BCUT2D eigenvalue weighted by atomic mass is 79.9. The maximum absolute atomic E-state index is 13.3. The lowest BCUT2D eigenvalue weighted by Gasteiger charge is -2.06. The molecule has 4 heteroatoms. The van der Waals surface area contributed by atoms with Crippen LogP contribution in [-0.4, -0.2) is 6.61 Å². The molecule has 0 atom stereocenters. The standard InChI is InChI=1S/C12H10BrFOS/c13-9-3-4-11(14)12(8-9)15-6-5-10-2-1-7-16-10/h1-4,7-8H,5-6H2. The molecule has 0 bridgehead atoms. The summed E-state index contributed by atoms with van der Waals surface area (Å²) in [5.74, 6) is -0.0275. The van der Waals surface area contributed by atoms with Crippen LogP contribution in [-0.2, 0) is 6.42 Å². The van der Waals surface area contributed by atoms with Gasteiger partial charge >= 0.3 is 0 Å². The molecule has 0 saturated heterocycles. The first-order valence-electron chi connectivity index (χ1n) is 4.86. The van der Waals surface area contributed by atoms with Crippen LogP contribution in [0.25, 0.3) is 0 Å². The summed E-state index contributed by atoms with van der Waals surface area (Å²) >= 11 is 4.96. The molecule has 0 saturated carbocycles. The number of rotatable bonds is 4. The Labute approximate surface area is 106 Å². The summed E-state index contributed by atoms with van der Waals surface area (Å²) in [7, 11) is 0. The van der Waals surface area contributed by atoms with Gasteiger partial charge in [0.05, 0.1) is 6.61 Å². The average molecular weight is 301 g/mol. The van der Waals surface area contributed by atoms with Gasteiger partial charge in [-0.05, 0) is 29.6 Å². The molecule has 0 unspecified atom stereocenters. The van der Waals surface area contributed by atoms with Crippen molar-refractivity contribution in [2.45, 2.75) is 6.42 Å². The predicted molar refractivity (Wildman–Crippen MR) is 67.6 cm³/mol. The Hall–Kier alpha value is -0.870. The lowest BCUT2D eigenvalue weighted by Crippen LogP contribution is -2.01. The Morgan fingerprint density at radius 1 is 1.31 bits per heavy atom. The Morgan fingerprint density at radius 2 is 2.19 bits per heavy atom. The molecule has 1 aromatic heterocycles. The molecule has 0 radical (unpaired) electrons. The highest BCUT2D eigenvalue weighted by Crippen LogP contribution is 2.22. The quantitative estimate of drug-likeness (QED) is 0.819. The molecule has 0 amide bonds. The van der Waals surface area contributed by atoms with Crippen LogP contribution in [0.2, 0.25) is 0 Å². The molecular formula is C12H10BrFOS. The number of hydrogen-bond donors (Lipinski definition) is 0. The van der Waals surface area contributed by atoms with E-state index in [0.29, 0.717) is 12.4 Å². The van der Waals surface area contributed by atoms with Crippen molar-refractivity contribution in [3.8, 4) is 5.75 Å². The van der Waals surface area contributed by atoms with E-state index in [9.17, 15) is 4.39 Å². The fraction of sp³-hybridized carbons (Fsp3) is 0.167. The molecule has 2 rings (SSSR count). The van der Waals surface area contributed by atoms with Crippen molar-refractivity contribution < 1.29 is 9.13 Å². The van der Waals surface area contributed by atoms with Gasteiger partial charge in [-0.1, -0.05) is 22.0 Å². The Balaban J connectivity index is 1.92. The molecule has 0 fully saturated rings. The predicted octanol–water partition coefficient (Wildman–Crippen LogP) is 4.27. The molecule has 1 nitrogen and oxygen atoms in total. The summed E-state index contributed by atoms with van der Waals surface area (Å²) in [6.07, 6.45) is 0.809. The van der Waals surface area contributed by atoms with E-state index in [4.69, 9.17) is 4.74 Å². The zero-order chi connectivity index (χ0) is 11.4. The lowest BCUT2D eigenvalue weighted by atomic mass is 10.3. The van der Waals surface area contributed by atoms with Gasteiger partial charge in [0.2, 0.25) is 0 Å². The zero-order valence-corrected chi connectivity index (χ0v) is 10.9. The largest absolute Gasteiger partial charge is 0.490 e. The number of halogens is 2. The van der Waals surface area contributed by atoms with Crippen LogP contribution in [0.4, 0.5) is 4.39 Å². The van der Waals surface area contributed by atoms with Crippen LogP contribution in [0, 0.1) is 5.82 Å². The molecule has 0 spiro atoms. The number of thiophene rings is 1. The molecular weight excluding hydrogens is 291 g/mol. The van der Waals surface area contributed by atoms with Gasteiger partial charge in [-0.25, -0.2) is 4.39 Å². The minimum atomic E-state index is -0.325. The Morgan fingerprint density at radius 3 is 2.94 bits per heavy atom. The second-order valence-corrected chi connectivity index (χ2v) is 5.20. The van der Waals surface area contributed by atoms with Crippen LogP contribution >= 0.6 is 27.3 Å². The third-order valence-corrected chi connectivity index (χ3v) is 3.51. The van der Waals surface area contributed by atoms with E-state index in [-0.39, 0.29) is 5.82 Å². The van der Waals surface area contributed by atoms with E-state index in [2.05, 4.69) is 15.9 Å². The van der Waals surface area contributed by atoms with Crippen molar-refractivity contribution in [2.24, 2.45) is 0 Å². The van der Waals surface area contributed by atoms with Crippen LogP contribution in [0.3, 0.4) is 0 Å². The van der Waals surface area contributed by atoms with E-state index in [1.54, 1.807) is 23.5 Å². The maximum Gasteiger partial charge on any atom is 0.165 e. The van der Waals surface area contributed by atoms with Gasteiger partial charge in [-0.3, -0.25) is 0 Å². The molecule has 84 valence electrons. The van der Waals surface area contributed by atoms with Gasteiger partial charge < -0.3 is 4.74 Å². The number of benzene rings is 1. The first-order chi connectivity index (χ1) is 7.75. The van der Waals surface area contributed by atoms with Crippen molar-refractivity contribution in [1.82, 2.24) is 0 Å².